The lowest BCUT2D eigenvalue weighted by molar-refractivity contribution is -0.0849. The van der Waals surface area contributed by atoms with Gasteiger partial charge in [0.1, 0.15) is 5.03 Å². The third-order valence-electron chi connectivity index (χ3n) is 0.851. The Balaban J connectivity index is 4.39. The van der Waals surface area contributed by atoms with E-state index >= 15 is 0 Å². The van der Waals surface area contributed by atoms with Crippen LogP contribution in [0.4, 0.5) is 13.2 Å². The molecule has 0 radical (unpaired) electrons. The number of allylic oxidation sites excluding steroid dienone is 1. The van der Waals surface area contributed by atoms with Gasteiger partial charge in [-0.3, -0.25) is 0 Å². The van der Waals surface area contributed by atoms with Crippen LogP contribution >= 0.6 is 23.2 Å². The second-order valence-corrected chi connectivity index (χ2v) is 2.59. The van der Waals surface area contributed by atoms with E-state index in [1.807, 2.05) is 0 Å². The summed E-state index contributed by atoms with van der Waals surface area (Å²) in [4.78, 5) is 0. The maximum atomic E-state index is 11.7. The molecule has 0 atom stereocenters. The van der Waals surface area contributed by atoms with Crippen LogP contribution in [0.15, 0.2) is 10.1 Å². The van der Waals surface area contributed by atoms with Gasteiger partial charge in [0.15, 0.2) is 0 Å². The van der Waals surface area contributed by atoms with Crippen LogP contribution in [0, 0.1) is 0 Å². The zero-order valence-electron chi connectivity index (χ0n) is 5.38. The number of halogens is 5. The van der Waals surface area contributed by atoms with Crippen LogP contribution in [0.1, 0.15) is 6.42 Å². The molecule has 0 aliphatic heterocycles. The molecule has 0 saturated heterocycles. The monoisotopic (exact) mass is 207 g/mol. The summed E-state index contributed by atoms with van der Waals surface area (Å²) in [7, 11) is 0. The van der Waals surface area contributed by atoms with Crippen molar-refractivity contribution in [3.05, 3.63) is 10.1 Å². The van der Waals surface area contributed by atoms with Crippen molar-refractivity contribution in [1.82, 2.24) is 0 Å². The van der Waals surface area contributed by atoms with Crippen molar-refractivity contribution in [3.8, 4) is 0 Å². The molecule has 1 nitrogen and oxygen atoms in total. The van der Waals surface area contributed by atoms with Gasteiger partial charge < -0.3 is 5.73 Å². The van der Waals surface area contributed by atoms with Crippen LogP contribution < -0.4 is 5.73 Å². The minimum atomic E-state index is -4.56. The first-order chi connectivity index (χ1) is 4.89. The predicted octanol–water partition coefficient (Wildman–Crippen LogP) is 2.59. The van der Waals surface area contributed by atoms with Crippen LogP contribution in [0.5, 0.6) is 0 Å². The first kappa shape index (κ1) is 11.1. The highest BCUT2D eigenvalue weighted by Gasteiger charge is 2.34. The second kappa shape index (κ2) is 4.18. The van der Waals surface area contributed by atoms with Crippen molar-refractivity contribution < 1.29 is 13.2 Å². The van der Waals surface area contributed by atoms with E-state index in [4.69, 9.17) is 28.9 Å². The minimum absolute atomic E-state index is 0.0468. The highest BCUT2D eigenvalue weighted by molar-refractivity contribution is 6.39. The maximum Gasteiger partial charge on any atom is 0.428 e. The summed E-state index contributed by atoms with van der Waals surface area (Å²) in [5.41, 5.74) is 4.97. The lowest BCUT2D eigenvalue weighted by Crippen LogP contribution is -2.10. The van der Waals surface area contributed by atoms with Crippen molar-refractivity contribution in [3.63, 3.8) is 0 Å². The highest BCUT2D eigenvalue weighted by atomic mass is 35.5. The second-order valence-electron chi connectivity index (χ2n) is 1.76. The average Bonchev–Trinajstić information content (AvgIpc) is 1.85. The van der Waals surface area contributed by atoms with E-state index in [-0.39, 0.29) is 13.0 Å². The molecule has 0 heterocycles. The van der Waals surface area contributed by atoms with E-state index in [1.165, 1.54) is 0 Å². The molecule has 0 amide bonds. The van der Waals surface area contributed by atoms with Crippen molar-refractivity contribution in [1.29, 1.82) is 0 Å². The summed E-state index contributed by atoms with van der Waals surface area (Å²) < 4.78 is 35.1. The highest BCUT2D eigenvalue weighted by Crippen LogP contribution is 2.33. The van der Waals surface area contributed by atoms with Crippen molar-refractivity contribution in [2.45, 2.75) is 12.6 Å². The van der Waals surface area contributed by atoms with Gasteiger partial charge in [-0.1, -0.05) is 23.2 Å². The molecule has 0 fully saturated rings. The quantitative estimate of drug-likeness (QED) is 0.741. The standard InChI is InChI=1S/C5H6Cl2F3N/c6-3(1-2-11)4(7)5(8,9)10/h1-2,11H2/b4-3+. The third kappa shape index (κ3) is 3.84. The normalized spacial score (nSPS) is 14.7. The molecule has 0 aromatic carbocycles. The molecule has 0 aromatic rings. The molecule has 6 heteroatoms. The summed E-state index contributed by atoms with van der Waals surface area (Å²) in [6, 6.07) is 0. The van der Waals surface area contributed by atoms with Gasteiger partial charge in [0.05, 0.1) is 0 Å². The minimum Gasteiger partial charge on any atom is -0.330 e. The number of hydrogen-bond acceptors (Lipinski definition) is 1. The fraction of sp³-hybridized carbons (Fsp3) is 0.600. The molecule has 0 saturated carbocycles. The van der Waals surface area contributed by atoms with E-state index in [2.05, 4.69) is 0 Å². The van der Waals surface area contributed by atoms with Crippen LogP contribution in [0.3, 0.4) is 0 Å². The summed E-state index contributed by atoms with van der Waals surface area (Å²) >= 11 is 10.0. The molecule has 0 unspecified atom stereocenters. The van der Waals surface area contributed by atoms with Gasteiger partial charge in [-0.25, -0.2) is 0 Å². The SMILES string of the molecule is NCC/C(Cl)=C(\Cl)C(F)(F)F. The van der Waals surface area contributed by atoms with E-state index < -0.39 is 16.2 Å². The van der Waals surface area contributed by atoms with Gasteiger partial charge in [0.25, 0.3) is 0 Å². The lowest BCUT2D eigenvalue weighted by Gasteiger charge is -2.06. The molecule has 0 aliphatic carbocycles. The Labute approximate surface area is 72.0 Å². The number of rotatable bonds is 2. The number of nitrogens with two attached hydrogens (primary N) is 1. The lowest BCUT2D eigenvalue weighted by atomic mass is 10.3. The smallest absolute Gasteiger partial charge is 0.330 e. The Bertz CT molecular complexity index is 164. The van der Waals surface area contributed by atoms with Crippen LogP contribution in [0.25, 0.3) is 0 Å². The zero-order valence-corrected chi connectivity index (χ0v) is 6.89. The first-order valence-electron chi connectivity index (χ1n) is 2.71. The Morgan fingerprint density at radius 2 is 1.73 bits per heavy atom. The number of alkyl halides is 3. The van der Waals surface area contributed by atoms with Crippen molar-refractivity contribution in [2.75, 3.05) is 6.54 Å². The Hall–Kier alpha value is 0.0700. The average molecular weight is 208 g/mol. The van der Waals surface area contributed by atoms with Crippen molar-refractivity contribution >= 4 is 23.2 Å². The first-order valence-corrected chi connectivity index (χ1v) is 3.46. The summed E-state index contributed by atoms with van der Waals surface area (Å²) in [6.45, 7) is 0.0468. The van der Waals surface area contributed by atoms with Crippen LogP contribution in [0.2, 0.25) is 0 Å². The zero-order chi connectivity index (χ0) is 9.07. The molecule has 0 bridgehead atoms. The number of hydrogen-bond donors (Lipinski definition) is 1. The molecule has 66 valence electrons. The van der Waals surface area contributed by atoms with E-state index in [1.54, 1.807) is 0 Å². The third-order valence-corrected chi connectivity index (χ3v) is 1.77. The molecule has 0 rings (SSSR count). The van der Waals surface area contributed by atoms with Crippen molar-refractivity contribution in [2.24, 2.45) is 5.73 Å². The molecule has 0 aromatic heterocycles. The summed E-state index contributed by atoms with van der Waals surface area (Å²) in [5.74, 6) is 0. The molecule has 0 aliphatic rings. The predicted molar refractivity (Wildman–Crippen MR) is 38.5 cm³/mol. The van der Waals surface area contributed by atoms with E-state index in [0.717, 1.165) is 0 Å². The van der Waals surface area contributed by atoms with Gasteiger partial charge in [0, 0.05) is 5.03 Å². The molecule has 2 N–H and O–H groups in total. The molecular weight excluding hydrogens is 202 g/mol. The Morgan fingerprint density at radius 3 is 2.00 bits per heavy atom. The summed E-state index contributed by atoms with van der Waals surface area (Å²) in [6.07, 6.45) is -4.62. The van der Waals surface area contributed by atoms with Crippen LogP contribution in [-0.4, -0.2) is 12.7 Å². The maximum absolute atomic E-state index is 11.7. The largest absolute Gasteiger partial charge is 0.428 e. The fourth-order valence-electron chi connectivity index (χ4n) is 0.390. The topological polar surface area (TPSA) is 26.0 Å². The van der Waals surface area contributed by atoms with Gasteiger partial charge in [-0.05, 0) is 13.0 Å². The van der Waals surface area contributed by atoms with E-state index in [9.17, 15) is 13.2 Å². The molecule has 0 spiro atoms. The van der Waals surface area contributed by atoms with Gasteiger partial charge >= 0.3 is 6.18 Å². The molecular formula is C5H6Cl2F3N. The fourth-order valence-corrected chi connectivity index (χ4v) is 0.701. The summed E-state index contributed by atoms with van der Waals surface area (Å²) in [5, 5.41) is -1.73. The Kier molecular flexibility index (Phi) is 4.21. The Morgan fingerprint density at radius 1 is 1.27 bits per heavy atom. The van der Waals surface area contributed by atoms with Gasteiger partial charge in [-0.2, -0.15) is 13.2 Å². The van der Waals surface area contributed by atoms with Gasteiger partial charge in [0.2, 0.25) is 0 Å². The van der Waals surface area contributed by atoms with Crippen LogP contribution in [-0.2, 0) is 0 Å². The molecule has 11 heavy (non-hydrogen) atoms. The van der Waals surface area contributed by atoms with E-state index in [0.29, 0.717) is 0 Å². The van der Waals surface area contributed by atoms with Gasteiger partial charge in [-0.15, -0.1) is 0 Å².